The molecule has 0 radical (unpaired) electrons. The van der Waals surface area contributed by atoms with Gasteiger partial charge in [0.05, 0.1) is 12.6 Å². The molecule has 1 aromatic rings. The molecular formula is C12H17BrClFN2O. The second kappa shape index (κ2) is 7.40. The van der Waals surface area contributed by atoms with E-state index in [9.17, 15) is 9.50 Å². The fourth-order valence-electron chi connectivity index (χ4n) is 2.21. The van der Waals surface area contributed by atoms with Crippen LogP contribution in [0.15, 0.2) is 22.7 Å². The highest BCUT2D eigenvalue weighted by molar-refractivity contribution is 9.10. The van der Waals surface area contributed by atoms with Crippen LogP contribution in [0.4, 0.5) is 4.39 Å². The van der Waals surface area contributed by atoms with Crippen LogP contribution >= 0.6 is 28.3 Å². The van der Waals surface area contributed by atoms with Crippen LogP contribution in [0.5, 0.6) is 0 Å². The smallest absolute Gasteiger partial charge is 0.129 e. The molecule has 0 bridgehead atoms. The Kier molecular flexibility index (Phi) is 6.52. The SMILES string of the molecule is Cl.OC[C@@H](c1c(F)cccc1Br)N1CCNCC1. The highest BCUT2D eigenvalue weighted by atomic mass is 79.9. The van der Waals surface area contributed by atoms with Gasteiger partial charge in [-0.3, -0.25) is 4.90 Å². The van der Waals surface area contributed by atoms with Crippen LogP contribution in [0.1, 0.15) is 11.6 Å². The lowest BCUT2D eigenvalue weighted by Crippen LogP contribution is -2.46. The zero-order chi connectivity index (χ0) is 12.3. The molecule has 2 N–H and O–H groups in total. The number of hydrogen-bond donors (Lipinski definition) is 2. The van der Waals surface area contributed by atoms with E-state index in [4.69, 9.17) is 0 Å². The maximum Gasteiger partial charge on any atom is 0.129 e. The van der Waals surface area contributed by atoms with Crippen molar-refractivity contribution in [3.63, 3.8) is 0 Å². The molecule has 0 unspecified atom stereocenters. The van der Waals surface area contributed by atoms with E-state index in [0.717, 1.165) is 30.7 Å². The van der Waals surface area contributed by atoms with Gasteiger partial charge in [-0.05, 0) is 12.1 Å². The van der Waals surface area contributed by atoms with Gasteiger partial charge in [0.25, 0.3) is 0 Å². The van der Waals surface area contributed by atoms with Gasteiger partial charge in [-0.25, -0.2) is 4.39 Å². The molecule has 2 rings (SSSR count). The molecule has 1 aliphatic heterocycles. The molecule has 0 amide bonds. The van der Waals surface area contributed by atoms with Crippen molar-refractivity contribution in [1.29, 1.82) is 0 Å². The van der Waals surface area contributed by atoms with Gasteiger partial charge < -0.3 is 10.4 Å². The minimum Gasteiger partial charge on any atom is -0.394 e. The van der Waals surface area contributed by atoms with Gasteiger partial charge in [-0.15, -0.1) is 12.4 Å². The van der Waals surface area contributed by atoms with Gasteiger partial charge in [0.1, 0.15) is 5.82 Å². The number of aliphatic hydroxyl groups is 1. The first-order chi connectivity index (χ1) is 8.24. The van der Waals surface area contributed by atoms with Crippen LogP contribution in [-0.2, 0) is 0 Å². The van der Waals surface area contributed by atoms with Crippen LogP contribution in [-0.4, -0.2) is 42.8 Å². The summed E-state index contributed by atoms with van der Waals surface area (Å²) in [4.78, 5) is 2.11. The average molecular weight is 340 g/mol. The summed E-state index contributed by atoms with van der Waals surface area (Å²) in [6.45, 7) is 3.34. The number of hydrogen-bond acceptors (Lipinski definition) is 3. The number of piperazine rings is 1. The Labute approximate surface area is 121 Å². The van der Waals surface area contributed by atoms with Crippen molar-refractivity contribution in [1.82, 2.24) is 10.2 Å². The molecule has 0 aromatic heterocycles. The number of nitrogens with zero attached hydrogens (tertiary/aromatic N) is 1. The number of nitrogens with one attached hydrogen (secondary N) is 1. The van der Waals surface area contributed by atoms with Crippen molar-refractivity contribution in [3.05, 3.63) is 34.1 Å². The lowest BCUT2D eigenvalue weighted by atomic mass is 10.0. The highest BCUT2D eigenvalue weighted by Gasteiger charge is 2.25. The summed E-state index contributed by atoms with van der Waals surface area (Å²) in [6, 6.07) is 4.64. The van der Waals surface area contributed by atoms with E-state index in [1.54, 1.807) is 6.07 Å². The van der Waals surface area contributed by atoms with Crippen molar-refractivity contribution in [2.75, 3.05) is 32.8 Å². The van der Waals surface area contributed by atoms with Crippen molar-refractivity contribution < 1.29 is 9.50 Å². The molecule has 102 valence electrons. The second-order valence-electron chi connectivity index (χ2n) is 4.12. The standard InChI is InChI=1S/C12H16BrFN2O.ClH/c13-9-2-1-3-10(14)12(9)11(8-17)16-6-4-15-5-7-16;/h1-3,11,15,17H,4-8H2;1H/t11-;/m0./s1. The Hall–Kier alpha value is -0.200. The fourth-order valence-corrected chi connectivity index (χ4v) is 2.82. The summed E-state index contributed by atoms with van der Waals surface area (Å²) in [5, 5.41) is 12.8. The average Bonchev–Trinajstić information content (AvgIpc) is 2.35. The molecule has 6 heteroatoms. The molecule has 3 nitrogen and oxygen atoms in total. The predicted octanol–water partition coefficient (Wildman–Crippen LogP) is 1.95. The Morgan fingerprint density at radius 2 is 2.06 bits per heavy atom. The van der Waals surface area contributed by atoms with E-state index in [0.29, 0.717) is 5.56 Å². The highest BCUT2D eigenvalue weighted by Crippen LogP contribution is 2.30. The summed E-state index contributed by atoms with van der Waals surface area (Å²) in [6.07, 6.45) is 0. The molecule has 1 aromatic carbocycles. The summed E-state index contributed by atoms with van der Waals surface area (Å²) >= 11 is 3.36. The van der Waals surface area contributed by atoms with Gasteiger partial charge in [0.15, 0.2) is 0 Å². The van der Waals surface area contributed by atoms with E-state index in [-0.39, 0.29) is 30.9 Å². The van der Waals surface area contributed by atoms with Crippen LogP contribution < -0.4 is 5.32 Å². The first-order valence-corrected chi connectivity index (χ1v) is 6.53. The zero-order valence-electron chi connectivity index (χ0n) is 9.90. The first kappa shape index (κ1) is 15.9. The topological polar surface area (TPSA) is 35.5 Å². The van der Waals surface area contributed by atoms with Crippen LogP contribution in [0, 0.1) is 5.82 Å². The number of rotatable bonds is 3. The molecule has 18 heavy (non-hydrogen) atoms. The molecule has 1 saturated heterocycles. The first-order valence-electron chi connectivity index (χ1n) is 5.73. The second-order valence-corrected chi connectivity index (χ2v) is 4.97. The molecule has 0 aliphatic carbocycles. The molecule has 1 heterocycles. The maximum atomic E-state index is 13.9. The van der Waals surface area contributed by atoms with E-state index in [1.165, 1.54) is 6.07 Å². The fraction of sp³-hybridized carbons (Fsp3) is 0.500. The lowest BCUT2D eigenvalue weighted by Gasteiger charge is -2.34. The minimum atomic E-state index is -0.271. The Balaban J connectivity index is 0.00000162. The normalized spacial score (nSPS) is 18.2. The van der Waals surface area contributed by atoms with Crippen LogP contribution in [0.3, 0.4) is 0 Å². The van der Waals surface area contributed by atoms with E-state index in [2.05, 4.69) is 26.1 Å². The minimum absolute atomic E-state index is 0. The van der Waals surface area contributed by atoms with Gasteiger partial charge in [-0.2, -0.15) is 0 Å². The maximum absolute atomic E-state index is 13.9. The summed E-state index contributed by atoms with van der Waals surface area (Å²) in [5.41, 5.74) is 0.553. The molecule has 1 fully saturated rings. The molecule has 0 spiro atoms. The van der Waals surface area contributed by atoms with E-state index >= 15 is 0 Å². The molecule has 0 saturated carbocycles. The molecular weight excluding hydrogens is 323 g/mol. The third-order valence-corrected chi connectivity index (χ3v) is 3.79. The largest absolute Gasteiger partial charge is 0.394 e. The van der Waals surface area contributed by atoms with E-state index in [1.807, 2.05) is 6.07 Å². The Morgan fingerprint density at radius 3 is 2.61 bits per heavy atom. The van der Waals surface area contributed by atoms with E-state index < -0.39 is 0 Å². The van der Waals surface area contributed by atoms with Gasteiger partial charge in [0.2, 0.25) is 0 Å². The Bertz CT molecular complexity index is 368. The third kappa shape index (κ3) is 3.42. The van der Waals surface area contributed by atoms with Gasteiger partial charge in [0, 0.05) is 36.2 Å². The van der Waals surface area contributed by atoms with Crippen molar-refractivity contribution in [2.45, 2.75) is 6.04 Å². The Morgan fingerprint density at radius 1 is 1.39 bits per heavy atom. The van der Waals surface area contributed by atoms with Gasteiger partial charge in [-0.1, -0.05) is 22.0 Å². The quantitative estimate of drug-likeness (QED) is 0.883. The number of halogens is 3. The van der Waals surface area contributed by atoms with Gasteiger partial charge >= 0.3 is 0 Å². The number of aliphatic hydroxyl groups excluding tert-OH is 1. The summed E-state index contributed by atoms with van der Waals surface area (Å²) in [7, 11) is 0. The van der Waals surface area contributed by atoms with Crippen molar-refractivity contribution >= 4 is 28.3 Å². The van der Waals surface area contributed by atoms with Crippen LogP contribution in [0.2, 0.25) is 0 Å². The summed E-state index contributed by atoms with van der Waals surface area (Å²) in [5.74, 6) is -0.267. The molecule has 1 aliphatic rings. The summed E-state index contributed by atoms with van der Waals surface area (Å²) < 4.78 is 14.6. The number of benzene rings is 1. The van der Waals surface area contributed by atoms with Crippen molar-refractivity contribution in [2.24, 2.45) is 0 Å². The van der Waals surface area contributed by atoms with Crippen molar-refractivity contribution in [3.8, 4) is 0 Å². The molecule has 1 atom stereocenters. The predicted molar refractivity (Wildman–Crippen MR) is 75.6 cm³/mol. The monoisotopic (exact) mass is 338 g/mol. The lowest BCUT2D eigenvalue weighted by molar-refractivity contribution is 0.108. The zero-order valence-corrected chi connectivity index (χ0v) is 12.3. The van der Waals surface area contributed by atoms with Crippen LogP contribution in [0.25, 0.3) is 0 Å². The third-order valence-electron chi connectivity index (χ3n) is 3.10.